The first-order chi connectivity index (χ1) is 8.97. The van der Waals surface area contributed by atoms with E-state index < -0.39 is 0 Å². The molecule has 1 N–H and O–H groups in total. The molecular weight excluding hydrogens is 304 g/mol. The Hall–Kier alpha value is -1.68. The third-order valence-electron chi connectivity index (χ3n) is 3.05. The lowest BCUT2D eigenvalue weighted by Gasteiger charge is -2.09. The largest absolute Gasteiger partial charge is 0.306 e. The summed E-state index contributed by atoms with van der Waals surface area (Å²) >= 11 is 3.35. The van der Waals surface area contributed by atoms with E-state index in [2.05, 4.69) is 26.2 Å². The summed E-state index contributed by atoms with van der Waals surface area (Å²) < 4.78 is 0.897. The fraction of sp³-hybridized carbons (Fsp3) is 0.200. The summed E-state index contributed by atoms with van der Waals surface area (Å²) in [5.41, 5.74) is 3.85. The second-order valence-electron chi connectivity index (χ2n) is 4.57. The van der Waals surface area contributed by atoms with Gasteiger partial charge in [-0.3, -0.25) is 4.79 Å². The maximum atomic E-state index is 12.2. The van der Waals surface area contributed by atoms with E-state index in [1.54, 1.807) is 6.20 Å². The summed E-state index contributed by atoms with van der Waals surface area (Å²) in [7, 11) is 0. The van der Waals surface area contributed by atoms with Crippen molar-refractivity contribution < 1.29 is 4.79 Å². The van der Waals surface area contributed by atoms with E-state index in [1.165, 1.54) is 5.56 Å². The fourth-order valence-electron chi connectivity index (χ4n) is 1.73. The minimum absolute atomic E-state index is 0.138. The first-order valence-corrected chi connectivity index (χ1v) is 6.77. The Bertz CT molecular complexity index is 638. The molecule has 0 unspecified atom stereocenters. The van der Waals surface area contributed by atoms with E-state index in [-0.39, 0.29) is 5.91 Å². The number of carbonyl (C=O) groups is 1. The number of aromatic nitrogens is 1. The van der Waals surface area contributed by atoms with Gasteiger partial charge in [0.25, 0.3) is 5.91 Å². The van der Waals surface area contributed by atoms with Gasteiger partial charge in [-0.2, -0.15) is 0 Å². The van der Waals surface area contributed by atoms with Crippen LogP contribution in [0.4, 0.5) is 5.82 Å². The first kappa shape index (κ1) is 13.7. The van der Waals surface area contributed by atoms with Crippen LogP contribution in [0.2, 0.25) is 0 Å². The molecule has 0 aliphatic carbocycles. The molecule has 0 saturated carbocycles. The summed E-state index contributed by atoms with van der Waals surface area (Å²) in [6.07, 6.45) is 1.67. The van der Waals surface area contributed by atoms with Crippen molar-refractivity contribution in [3.8, 4) is 0 Å². The number of anilines is 1. The minimum Gasteiger partial charge on any atom is -0.306 e. The van der Waals surface area contributed by atoms with E-state index in [1.807, 2.05) is 45.0 Å². The number of nitrogens with zero attached hydrogens (tertiary/aromatic N) is 1. The van der Waals surface area contributed by atoms with E-state index in [0.29, 0.717) is 11.4 Å². The predicted molar refractivity (Wildman–Crippen MR) is 80.5 cm³/mol. The van der Waals surface area contributed by atoms with Crippen molar-refractivity contribution in [2.45, 2.75) is 20.8 Å². The number of aryl methyl sites for hydroxylation is 3. The molecule has 1 aromatic heterocycles. The number of pyridine rings is 1. The van der Waals surface area contributed by atoms with Crippen molar-refractivity contribution in [1.82, 2.24) is 4.98 Å². The number of nitrogens with one attached hydrogen (secondary N) is 1. The van der Waals surface area contributed by atoms with Crippen molar-refractivity contribution in [2.24, 2.45) is 0 Å². The van der Waals surface area contributed by atoms with Crippen molar-refractivity contribution in [3.63, 3.8) is 0 Å². The molecule has 0 spiro atoms. The maximum Gasteiger partial charge on any atom is 0.256 e. The van der Waals surface area contributed by atoms with E-state index >= 15 is 0 Å². The van der Waals surface area contributed by atoms with Crippen LogP contribution in [0.3, 0.4) is 0 Å². The lowest BCUT2D eigenvalue weighted by molar-refractivity contribution is 0.102. The molecule has 0 atom stereocenters. The highest BCUT2D eigenvalue weighted by Gasteiger charge is 2.09. The number of hydrogen-bond acceptors (Lipinski definition) is 2. The average Bonchev–Trinajstić information content (AvgIpc) is 2.36. The SMILES string of the molecule is Cc1ccc(C(=O)Nc2ncc(Br)cc2C)cc1C. The molecule has 1 aromatic carbocycles. The Morgan fingerprint density at radius 1 is 1.11 bits per heavy atom. The van der Waals surface area contributed by atoms with Crippen LogP contribution in [-0.4, -0.2) is 10.9 Å². The second-order valence-corrected chi connectivity index (χ2v) is 5.49. The molecule has 4 heteroatoms. The zero-order valence-electron chi connectivity index (χ0n) is 11.1. The second kappa shape index (κ2) is 5.53. The quantitative estimate of drug-likeness (QED) is 0.908. The minimum atomic E-state index is -0.138. The van der Waals surface area contributed by atoms with Crippen molar-refractivity contribution in [3.05, 3.63) is 57.2 Å². The van der Waals surface area contributed by atoms with E-state index in [4.69, 9.17) is 0 Å². The van der Waals surface area contributed by atoms with Crippen LogP contribution < -0.4 is 5.32 Å². The summed E-state index contributed by atoms with van der Waals surface area (Å²) in [5, 5.41) is 2.83. The van der Waals surface area contributed by atoms with Crippen LogP contribution in [-0.2, 0) is 0 Å². The molecule has 2 aromatic rings. The molecule has 0 aliphatic rings. The number of halogens is 1. The molecule has 98 valence electrons. The molecule has 0 saturated heterocycles. The topological polar surface area (TPSA) is 42.0 Å². The van der Waals surface area contributed by atoms with Gasteiger partial charge in [-0.1, -0.05) is 6.07 Å². The molecule has 0 radical (unpaired) electrons. The van der Waals surface area contributed by atoms with Gasteiger partial charge in [0.05, 0.1) is 0 Å². The maximum absolute atomic E-state index is 12.2. The molecule has 0 aliphatic heterocycles. The van der Waals surface area contributed by atoms with Gasteiger partial charge in [0, 0.05) is 16.2 Å². The lowest BCUT2D eigenvalue weighted by atomic mass is 10.1. The molecule has 1 heterocycles. The van der Waals surface area contributed by atoms with Crippen LogP contribution >= 0.6 is 15.9 Å². The highest BCUT2D eigenvalue weighted by molar-refractivity contribution is 9.10. The first-order valence-electron chi connectivity index (χ1n) is 5.98. The number of rotatable bonds is 2. The Balaban J connectivity index is 2.23. The monoisotopic (exact) mass is 318 g/mol. The Kier molecular flexibility index (Phi) is 4.00. The third-order valence-corrected chi connectivity index (χ3v) is 3.48. The summed E-state index contributed by atoms with van der Waals surface area (Å²) in [6, 6.07) is 7.58. The molecule has 0 bridgehead atoms. The lowest BCUT2D eigenvalue weighted by Crippen LogP contribution is -2.14. The normalized spacial score (nSPS) is 10.3. The third kappa shape index (κ3) is 3.20. The van der Waals surface area contributed by atoms with Crippen LogP contribution in [0.15, 0.2) is 34.9 Å². The van der Waals surface area contributed by atoms with Gasteiger partial charge in [0.2, 0.25) is 0 Å². The molecular formula is C15H15BrN2O. The zero-order valence-corrected chi connectivity index (χ0v) is 12.7. The van der Waals surface area contributed by atoms with Crippen LogP contribution in [0.5, 0.6) is 0 Å². The summed E-state index contributed by atoms with van der Waals surface area (Å²) in [6.45, 7) is 5.93. The van der Waals surface area contributed by atoms with Crippen LogP contribution in [0.1, 0.15) is 27.0 Å². The predicted octanol–water partition coefficient (Wildman–Crippen LogP) is 4.02. The standard InChI is InChI=1S/C15H15BrN2O/c1-9-4-5-12(6-10(9)2)15(19)18-14-11(3)7-13(16)8-17-14/h4-8H,1-3H3,(H,17,18,19). The van der Waals surface area contributed by atoms with E-state index in [0.717, 1.165) is 15.6 Å². The Morgan fingerprint density at radius 2 is 1.84 bits per heavy atom. The summed E-state index contributed by atoms with van der Waals surface area (Å²) in [4.78, 5) is 16.4. The highest BCUT2D eigenvalue weighted by Crippen LogP contribution is 2.18. The molecule has 3 nitrogen and oxygen atoms in total. The molecule has 2 rings (SSSR count). The molecule has 0 fully saturated rings. The van der Waals surface area contributed by atoms with Crippen molar-refractivity contribution in [2.75, 3.05) is 5.32 Å². The number of hydrogen-bond donors (Lipinski definition) is 1. The molecule has 1 amide bonds. The number of benzene rings is 1. The Labute approximate surface area is 121 Å². The van der Waals surface area contributed by atoms with E-state index in [9.17, 15) is 4.79 Å². The van der Waals surface area contributed by atoms with Crippen molar-refractivity contribution in [1.29, 1.82) is 0 Å². The Morgan fingerprint density at radius 3 is 2.47 bits per heavy atom. The van der Waals surface area contributed by atoms with Crippen LogP contribution in [0, 0.1) is 20.8 Å². The zero-order chi connectivity index (χ0) is 14.0. The smallest absolute Gasteiger partial charge is 0.256 e. The number of amides is 1. The van der Waals surface area contributed by atoms with Gasteiger partial charge in [-0.25, -0.2) is 4.98 Å². The van der Waals surface area contributed by atoms with Gasteiger partial charge in [0.15, 0.2) is 0 Å². The molecule has 19 heavy (non-hydrogen) atoms. The van der Waals surface area contributed by atoms with Gasteiger partial charge in [-0.05, 0) is 71.6 Å². The van der Waals surface area contributed by atoms with Gasteiger partial charge < -0.3 is 5.32 Å². The van der Waals surface area contributed by atoms with Crippen LogP contribution in [0.25, 0.3) is 0 Å². The average molecular weight is 319 g/mol. The van der Waals surface area contributed by atoms with Gasteiger partial charge >= 0.3 is 0 Å². The summed E-state index contributed by atoms with van der Waals surface area (Å²) in [5.74, 6) is 0.451. The fourth-order valence-corrected chi connectivity index (χ4v) is 2.18. The van der Waals surface area contributed by atoms with Gasteiger partial charge in [0.1, 0.15) is 5.82 Å². The van der Waals surface area contributed by atoms with Gasteiger partial charge in [-0.15, -0.1) is 0 Å². The number of carbonyl (C=O) groups excluding carboxylic acids is 1. The van der Waals surface area contributed by atoms with Crippen molar-refractivity contribution >= 4 is 27.7 Å². The highest BCUT2D eigenvalue weighted by atomic mass is 79.9.